The van der Waals surface area contributed by atoms with E-state index in [2.05, 4.69) is 9.97 Å². The number of pyridine rings is 1. The molecule has 23 heavy (non-hydrogen) atoms. The van der Waals surface area contributed by atoms with Crippen LogP contribution in [0.4, 0.5) is 0 Å². The van der Waals surface area contributed by atoms with E-state index in [1.165, 1.54) is 0 Å². The van der Waals surface area contributed by atoms with Crippen molar-refractivity contribution in [3.63, 3.8) is 0 Å². The molecule has 3 rings (SSSR count). The van der Waals surface area contributed by atoms with Crippen LogP contribution in [0.5, 0.6) is 0 Å². The first-order valence-electron chi connectivity index (χ1n) is 7.37. The molecule has 2 heterocycles. The summed E-state index contributed by atoms with van der Waals surface area (Å²) in [5.41, 5.74) is 3.02. The molecular weight excluding hydrogens is 333 g/mol. The predicted molar refractivity (Wildman–Crippen MR) is 93.1 cm³/mol. The molecule has 6 heteroatoms. The van der Waals surface area contributed by atoms with E-state index in [0.29, 0.717) is 22.1 Å². The van der Waals surface area contributed by atoms with E-state index in [4.69, 9.17) is 23.2 Å². The minimum Gasteiger partial charge on any atom is -0.382 e. The van der Waals surface area contributed by atoms with Gasteiger partial charge in [0.1, 0.15) is 17.1 Å². The lowest BCUT2D eigenvalue weighted by atomic mass is 10.0. The van der Waals surface area contributed by atoms with Gasteiger partial charge in [0.25, 0.3) is 0 Å². The Morgan fingerprint density at radius 2 is 2.04 bits per heavy atom. The van der Waals surface area contributed by atoms with Gasteiger partial charge < -0.3 is 9.67 Å². The third-order valence-corrected chi connectivity index (χ3v) is 4.94. The molecule has 1 unspecified atom stereocenters. The average molecular weight is 350 g/mol. The van der Waals surface area contributed by atoms with Crippen LogP contribution in [0.3, 0.4) is 0 Å². The van der Waals surface area contributed by atoms with E-state index in [1.807, 2.05) is 43.7 Å². The van der Waals surface area contributed by atoms with Crippen molar-refractivity contribution in [2.45, 2.75) is 26.4 Å². The summed E-state index contributed by atoms with van der Waals surface area (Å²) < 4.78 is 1.87. The molecule has 1 N–H and O–H groups in total. The summed E-state index contributed by atoms with van der Waals surface area (Å²) in [6.45, 7) is 3.88. The molecule has 0 aliphatic heterocycles. The molecule has 2 aromatic heterocycles. The maximum absolute atomic E-state index is 10.7. The van der Waals surface area contributed by atoms with Crippen molar-refractivity contribution in [3.05, 3.63) is 57.2 Å². The zero-order valence-electron chi connectivity index (χ0n) is 13.1. The van der Waals surface area contributed by atoms with E-state index in [9.17, 15) is 5.11 Å². The third-order valence-electron chi connectivity index (χ3n) is 4.20. The number of aliphatic hydroxyl groups excluding tert-OH is 1. The number of aromatic nitrogens is 3. The molecule has 4 nitrogen and oxygen atoms in total. The van der Waals surface area contributed by atoms with Crippen LogP contribution in [-0.2, 0) is 13.5 Å². The molecule has 0 saturated carbocycles. The second-order valence-corrected chi connectivity index (χ2v) is 6.25. The summed E-state index contributed by atoms with van der Waals surface area (Å²) >= 11 is 12.7. The maximum atomic E-state index is 10.7. The van der Waals surface area contributed by atoms with E-state index < -0.39 is 6.10 Å². The summed E-state index contributed by atoms with van der Waals surface area (Å²) in [7, 11) is 1.88. The van der Waals surface area contributed by atoms with Crippen LogP contribution in [0.2, 0.25) is 10.2 Å². The van der Waals surface area contributed by atoms with Crippen molar-refractivity contribution >= 4 is 34.1 Å². The highest BCUT2D eigenvalue weighted by molar-refractivity contribution is 6.39. The van der Waals surface area contributed by atoms with Gasteiger partial charge in [-0.1, -0.05) is 36.2 Å². The minimum absolute atomic E-state index is 0.431. The van der Waals surface area contributed by atoms with Crippen molar-refractivity contribution in [1.82, 2.24) is 14.5 Å². The first kappa shape index (κ1) is 16.2. The van der Waals surface area contributed by atoms with Gasteiger partial charge in [0.2, 0.25) is 0 Å². The Bertz CT molecular complexity index is 889. The molecule has 1 aromatic carbocycles. The van der Waals surface area contributed by atoms with Gasteiger partial charge in [-0.05, 0) is 31.0 Å². The highest BCUT2D eigenvalue weighted by Gasteiger charge is 2.18. The Labute approximate surface area is 144 Å². The van der Waals surface area contributed by atoms with Crippen LogP contribution < -0.4 is 0 Å². The Morgan fingerprint density at radius 3 is 2.65 bits per heavy atom. The van der Waals surface area contributed by atoms with Gasteiger partial charge in [0.15, 0.2) is 0 Å². The summed E-state index contributed by atoms with van der Waals surface area (Å²) in [5.74, 6) is 0.847. The summed E-state index contributed by atoms with van der Waals surface area (Å²) in [4.78, 5) is 8.61. The van der Waals surface area contributed by atoms with Gasteiger partial charge in [-0.3, -0.25) is 0 Å². The number of aryl methyl sites for hydroxylation is 1. The van der Waals surface area contributed by atoms with Gasteiger partial charge in [-0.15, -0.1) is 0 Å². The van der Waals surface area contributed by atoms with Crippen molar-refractivity contribution < 1.29 is 5.11 Å². The smallest absolute Gasteiger partial charge is 0.134 e. The SMILES string of the molecule is CCc1c(Cl)nc2ccc(C(O)c3cnc(C)n3C)cc2c1Cl. The lowest BCUT2D eigenvalue weighted by molar-refractivity contribution is 0.211. The number of hydrogen-bond donors (Lipinski definition) is 1. The van der Waals surface area contributed by atoms with Crippen molar-refractivity contribution in [2.75, 3.05) is 0 Å². The van der Waals surface area contributed by atoms with E-state index in [-0.39, 0.29) is 0 Å². The average Bonchev–Trinajstić information content (AvgIpc) is 2.86. The standard InChI is InChI=1S/C17H17Cl2N3O/c1-4-11-15(18)12-7-10(5-6-13(12)21-17(11)19)16(23)14-8-20-9(2)22(14)3/h5-8,16,23H,4H2,1-3H3. The van der Waals surface area contributed by atoms with Crippen LogP contribution >= 0.6 is 23.2 Å². The fourth-order valence-electron chi connectivity index (χ4n) is 2.67. The highest BCUT2D eigenvalue weighted by Crippen LogP contribution is 2.33. The number of fused-ring (bicyclic) bond motifs is 1. The van der Waals surface area contributed by atoms with E-state index in [0.717, 1.165) is 28.0 Å². The van der Waals surface area contributed by atoms with Crippen LogP contribution in [0.25, 0.3) is 10.9 Å². The molecule has 3 aromatic rings. The molecule has 0 saturated heterocycles. The first-order chi connectivity index (χ1) is 10.9. The van der Waals surface area contributed by atoms with Crippen LogP contribution in [0, 0.1) is 6.92 Å². The lowest BCUT2D eigenvalue weighted by Crippen LogP contribution is -2.06. The normalized spacial score (nSPS) is 12.8. The van der Waals surface area contributed by atoms with Crippen LogP contribution in [0.1, 0.15) is 35.7 Å². The molecular formula is C17H17Cl2N3O. The number of nitrogens with zero attached hydrogens (tertiary/aromatic N) is 3. The monoisotopic (exact) mass is 349 g/mol. The van der Waals surface area contributed by atoms with E-state index in [1.54, 1.807) is 6.20 Å². The molecule has 0 bridgehead atoms. The molecule has 0 spiro atoms. The Balaban J connectivity index is 2.14. The van der Waals surface area contributed by atoms with Crippen molar-refractivity contribution in [3.8, 4) is 0 Å². The summed E-state index contributed by atoms with van der Waals surface area (Å²) in [6, 6.07) is 5.53. The highest BCUT2D eigenvalue weighted by atomic mass is 35.5. The topological polar surface area (TPSA) is 50.9 Å². The quantitative estimate of drug-likeness (QED) is 0.720. The van der Waals surface area contributed by atoms with Crippen LogP contribution in [-0.4, -0.2) is 19.6 Å². The van der Waals surface area contributed by atoms with Gasteiger partial charge in [-0.2, -0.15) is 0 Å². The number of halogens is 2. The van der Waals surface area contributed by atoms with E-state index >= 15 is 0 Å². The zero-order valence-corrected chi connectivity index (χ0v) is 14.7. The fraction of sp³-hybridized carbons (Fsp3) is 0.294. The molecule has 0 aliphatic rings. The largest absolute Gasteiger partial charge is 0.382 e. The predicted octanol–water partition coefficient (Wildman–Crippen LogP) is 4.23. The number of aliphatic hydroxyl groups is 1. The second kappa shape index (κ2) is 6.11. The van der Waals surface area contributed by atoms with Gasteiger partial charge in [0.05, 0.1) is 22.4 Å². The Morgan fingerprint density at radius 1 is 1.30 bits per heavy atom. The molecule has 1 atom stereocenters. The molecule has 0 aliphatic carbocycles. The third kappa shape index (κ3) is 2.71. The Hall–Kier alpha value is -1.62. The number of imidazole rings is 1. The Kier molecular flexibility index (Phi) is 4.32. The lowest BCUT2D eigenvalue weighted by Gasteiger charge is -2.14. The number of rotatable bonds is 3. The van der Waals surface area contributed by atoms with Gasteiger partial charge in [-0.25, -0.2) is 9.97 Å². The fourth-order valence-corrected chi connectivity index (χ4v) is 3.41. The zero-order chi connectivity index (χ0) is 16.7. The van der Waals surface area contributed by atoms with Crippen molar-refractivity contribution in [2.24, 2.45) is 7.05 Å². The van der Waals surface area contributed by atoms with Crippen LogP contribution in [0.15, 0.2) is 24.4 Å². The summed E-state index contributed by atoms with van der Waals surface area (Å²) in [6.07, 6.45) is 1.61. The first-order valence-corrected chi connectivity index (χ1v) is 8.13. The van der Waals surface area contributed by atoms with Gasteiger partial charge >= 0.3 is 0 Å². The van der Waals surface area contributed by atoms with Gasteiger partial charge in [0, 0.05) is 18.0 Å². The second-order valence-electron chi connectivity index (χ2n) is 5.52. The summed E-state index contributed by atoms with van der Waals surface area (Å²) in [5, 5.41) is 12.5. The maximum Gasteiger partial charge on any atom is 0.134 e. The number of hydrogen-bond acceptors (Lipinski definition) is 3. The molecule has 0 fully saturated rings. The molecule has 0 amide bonds. The molecule has 0 radical (unpaired) electrons. The minimum atomic E-state index is -0.776. The van der Waals surface area contributed by atoms with Crippen molar-refractivity contribution in [1.29, 1.82) is 0 Å². The number of benzene rings is 1. The molecule has 120 valence electrons.